The van der Waals surface area contributed by atoms with Crippen LogP contribution < -0.4 is 4.74 Å². The number of phenols is 1. The van der Waals surface area contributed by atoms with Crippen LogP contribution in [0.3, 0.4) is 0 Å². The quantitative estimate of drug-likeness (QED) is 0.460. The third-order valence-corrected chi connectivity index (χ3v) is 10.9. The molecule has 194 valence electrons. The zero-order valence-corrected chi connectivity index (χ0v) is 21.6. The molecule has 0 radical (unpaired) electrons. The summed E-state index contributed by atoms with van der Waals surface area (Å²) in [5, 5.41) is 22.6. The maximum atomic E-state index is 11.6. The predicted molar refractivity (Wildman–Crippen MR) is 139 cm³/mol. The van der Waals surface area contributed by atoms with Crippen LogP contribution in [0.5, 0.6) is 11.5 Å². The van der Waals surface area contributed by atoms with Crippen molar-refractivity contribution >= 4 is 0 Å². The van der Waals surface area contributed by atoms with Crippen LogP contribution in [0.4, 0.5) is 0 Å². The average Bonchev–Trinajstić information content (AvgIpc) is 3.20. The fourth-order valence-corrected chi connectivity index (χ4v) is 9.31. The van der Waals surface area contributed by atoms with Crippen LogP contribution in [0.25, 0.3) is 0 Å². The number of aromatic hydroxyl groups is 1. The standard InChI is InChI=1S/C29H41NO4.CH4/c1-6-11-26(2,32)20-8-7-12-27-13-14-28(18-20,33-5)25-29(27)15-16-30(3,4)22(27)17-19-9-10-21(31)24(34-25)23(19)29;/h9-10,13-14,20,22,25,32H,6-8,11-12,15-18H2,1-5H3;1H4/p+1/t20?,22-,25+,26+,27?,28?,29+;/m1./s1. The van der Waals surface area contributed by atoms with Gasteiger partial charge in [-0.1, -0.05) is 45.4 Å². The molecule has 4 aliphatic carbocycles. The van der Waals surface area contributed by atoms with Crippen LogP contribution in [0.15, 0.2) is 24.3 Å². The zero-order valence-electron chi connectivity index (χ0n) is 21.6. The Morgan fingerprint density at radius 3 is 2.71 bits per heavy atom. The summed E-state index contributed by atoms with van der Waals surface area (Å²) in [5.41, 5.74) is 0.992. The number of ether oxygens (including phenoxy) is 2. The van der Waals surface area contributed by atoms with E-state index in [9.17, 15) is 10.2 Å². The zero-order chi connectivity index (χ0) is 24.1. The number of hydrogen-bond donors (Lipinski definition) is 2. The molecule has 2 N–H and O–H groups in total. The van der Waals surface area contributed by atoms with Gasteiger partial charge in [0.25, 0.3) is 0 Å². The van der Waals surface area contributed by atoms with Crippen LogP contribution in [0.1, 0.15) is 77.3 Å². The van der Waals surface area contributed by atoms with Crippen molar-refractivity contribution in [3.05, 3.63) is 35.4 Å². The lowest BCUT2D eigenvalue weighted by atomic mass is 9.42. The Morgan fingerprint density at radius 2 is 2.00 bits per heavy atom. The van der Waals surface area contributed by atoms with Crippen molar-refractivity contribution in [1.82, 2.24) is 0 Å². The molecular formula is C30H46NO4+. The Balaban J connectivity index is 0.00000253. The summed E-state index contributed by atoms with van der Waals surface area (Å²) >= 11 is 0. The molecule has 1 saturated carbocycles. The van der Waals surface area contributed by atoms with Gasteiger partial charge >= 0.3 is 0 Å². The molecule has 5 heteroatoms. The maximum Gasteiger partial charge on any atom is 0.165 e. The number of quaternary nitrogens is 1. The Kier molecular flexibility index (Phi) is 5.54. The molecule has 2 heterocycles. The summed E-state index contributed by atoms with van der Waals surface area (Å²) in [6, 6.07) is 4.42. The molecule has 35 heavy (non-hydrogen) atoms. The Bertz CT molecular complexity index is 1050. The maximum absolute atomic E-state index is 11.6. The van der Waals surface area contributed by atoms with E-state index in [0.29, 0.717) is 11.8 Å². The molecule has 1 aromatic carbocycles. The highest BCUT2D eigenvalue weighted by atomic mass is 16.6. The van der Waals surface area contributed by atoms with E-state index in [4.69, 9.17) is 9.47 Å². The van der Waals surface area contributed by atoms with Crippen LogP contribution in [0, 0.1) is 11.3 Å². The molecule has 3 unspecified atom stereocenters. The number of piperidine rings is 1. The first kappa shape index (κ1) is 25.1. The molecule has 2 fully saturated rings. The number of likely N-dealkylation sites (tertiary alicyclic amines) is 1. The third-order valence-electron chi connectivity index (χ3n) is 10.9. The van der Waals surface area contributed by atoms with E-state index in [2.05, 4.69) is 39.2 Å². The van der Waals surface area contributed by atoms with Crippen LogP contribution in [0.2, 0.25) is 0 Å². The lowest BCUT2D eigenvalue weighted by Crippen LogP contribution is -2.77. The molecule has 1 saturated heterocycles. The fraction of sp³-hybridized carbons (Fsp3) is 0.733. The van der Waals surface area contributed by atoms with Gasteiger partial charge in [0.1, 0.15) is 17.7 Å². The van der Waals surface area contributed by atoms with Gasteiger partial charge in [-0.2, -0.15) is 0 Å². The minimum absolute atomic E-state index is 0. The average molecular weight is 485 g/mol. The number of likely N-dealkylation sites (N-methyl/N-ethyl adjacent to an activating group) is 1. The van der Waals surface area contributed by atoms with Crippen molar-refractivity contribution in [2.45, 2.75) is 101 Å². The van der Waals surface area contributed by atoms with Gasteiger partial charge < -0.3 is 24.2 Å². The van der Waals surface area contributed by atoms with Crippen LogP contribution in [-0.2, 0) is 16.6 Å². The van der Waals surface area contributed by atoms with Gasteiger partial charge in [0.2, 0.25) is 0 Å². The molecule has 5 nitrogen and oxygen atoms in total. The largest absolute Gasteiger partial charge is 0.504 e. The highest BCUT2D eigenvalue weighted by Gasteiger charge is 2.77. The summed E-state index contributed by atoms with van der Waals surface area (Å²) < 4.78 is 14.4. The molecule has 7 rings (SSSR count). The lowest BCUT2D eigenvalue weighted by Gasteiger charge is -2.66. The highest BCUT2D eigenvalue weighted by Crippen LogP contribution is 2.72. The van der Waals surface area contributed by atoms with E-state index in [-0.39, 0.29) is 36.0 Å². The molecule has 4 bridgehead atoms. The summed E-state index contributed by atoms with van der Waals surface area (Å²) in [5.74, 6) is 1.08. The van der Waals surface area contributed by atoms with Gasteiger partial charge in [-0.3, -0.25) is 0 Å². The summed E-state index contributed by atoms with van der Waals surface area (Å²) in [6.45, 7) is 5.26. The van der Waals surface area contributed by atoms with Crippen molar-refractivity contribution in [2.75, 3.05) is 27.7 Å². The first-order chi connectivity index (χ1) is 16.1. The topological polar surface area (TPSA) is 58.9 Å². The summed E-state index contributed by atoms with van der Waals surface area (Å²) in [7, 11) is 6.61. The van der Waals surface area contributed by atoms with Crippen molar-refractivity contribution in [2.24, 2.45) is 11.3 Å². The summed E-state index contributed by atoms with van der Waals surface area (Å²) in [4.78, 5) is 0. The molecule has 7 atom stereocenters. The van der Waals surface area contributed by atoms with Gasteiger partial charge in [-0.05, 0) is 50.2 Å². The summed E-state index contributed by atoms with van der Waals surface area (Å²) in [6.07, 6.45) is 12.4. The second-order valence-electron chi connectivity index (χ2n) is 12.8. The lowest BCUT2D eigenvalue weighted by molar-refractivity contribution is -0.931. The number of nitrogens with zero attached hydrogens (tertiary/aromatic N) is 1. The van der Waals surface area contributed by atoms with Gasteiger partial charge in [0.15, 0.2) is 11.5 Å². The Labute approximate surface area is 211 Å². The highest BCUT2D eigenvalue weighted by molar-refractivity contribution is 5.63. The number of aliphatic hydroxyl groups is 1. The number of phenolic OH excluding ortho intramolecular Hbond substituents is 1. The van der Waals surface area contributed by atoms with Gasteiger partial charge in [0, 0.05) is 25.5 Å². The number of benzene rings is 1. The van der Waals surface area contributed by atoms with Crippen molar-refractivity contribution in [3.63, 3.8) is 0 Å². The minimum Gasteiger partial charge on any atom is -0.504 e. The number of methoxy groups -OCH3 is 1. The molecular weight excluding hydrogens is 438 g/mol. The SMILES string of the molecule is C.CCC[C@](C)(O)C1CCCC23C=CC(OC)(C1)[C@@H]1Oc4c(O)ccc5c4[C@@]12CC[N+](C)(C)[C@@H]3C5. The van der Waals surface area contributed by atoms with Gasteiger partial charge in [-0.25, -0.2) is 0 Å². The predicted octanol–water partition coefficient (Wildman–Crippen LogP) is 5.11. The van der Waals surface area contributed by atoms with Crippen molar-refractivity contribution < 1.29 is 24.2 Å². The van der Waals surface area contributed by atoms with Gasteiger partial charge in [0.05, 0.1) is 37.1 Å². The molecule has 1 aromatic rings. The fourth-order valence-electron chi connectivity index (χ4n) is 9.31. The normalized spacial score (nSPS) is 41.5. The molecule has 6 aliphatic rings. The van der Waals surface area contributed by atoms with Crippen LogP contribution >= 0.6 is 0 Å². The first-order valence-electron chi connectivity index (χ1n) is 13.4. The number of hydrogen-bond acceptors (Lipinski definition) is 4. The van der Waals surface area contributed by atoms with E-state index in [1.165, 1.54) is 11.1 Å². The molecule has 0 aromatic heterocycles. The van der Waals surface area contributed by atoms with E-state index in [1.54, 1.807) is 0 Å². The first-order valence-corrected chi connectivity index (χ1v) is 13.4. The van der Waals surface area contributed by atoms with E-state index in [1.807, 2.05) is 20.1 Å². The van der Waals surface area contributed by atoms with Crippen molar-refractivity contribution in [1.29, 1.82) is 0 Å². The Hall–Kier alpha value is -1.56. The second-order valence-corrected chi connectivity index (χ2v) is 12.8. The molecule has 0 amide bonds. The monoisotopic (exact) mass is 484 g/mol. The van der Waals surface area contributed by atoms with Crippen LogP contribution in [-0.4, -0.2) is 65.8 Å². The van der Waals surface area contributed by atoms with E-state index < -0.39 is 11.2 Å². The molecule has 2 aliphatic heterocycles. The smallest absolute Gasteiger partial charge is 0.165 e. The molecule has 2 spiro atoms. The Morgan fingerprint density at radius 1 is 1.23 bits per heavy atom. The second kappa shape index (κ2) is 7.72. The van der Waals surface area contributed by atoms with Gasteiger partial charge in [-0.15, -0.1) is 0 Å². The van der Waals surface area contributed by atoms with E-state index in [0.717, 1.165) is 62.4 Å². The number of rotatable bonds is 4. The third kappa shape index (κ3) is 2.92. The minimum atomic E-state index is -0.736. The number of fused-ring (bicyclic) bond motifs is 4. The van der Waals surface area contributed by atoms with E-state index >= 15 is 0 Å². The van der Waals surface area contributed by atoms with Crippen molar-refractivity contribution in [3.8, 4) is 11.5 Å².